The lowest BCUT2D eigenvalue weighted by molar-refractivity contribution is 0.525. The van der Waals surface area contributed by atoms with Crippen LogP contribution in [0.3, 0.4) is 0 Å². The molecule has 22 heavy (non-hydrogen) atoms. The van der Waals surface area contributed by atoms with Gasteiger partial charge in [0.05, 0.1) is 6.04 Å². The molecule has 0 saturated heterocycles. The van der Waals surface area contributed by atoms with E-state index in [0.29, 0.717) is 5.03 Å². The van der Waals surface area contributed by atoms with Crippen LogP contribution in [0.5, 0.6) is 0 Å². The minimum Gasteiger partial charge on any atom is -0.340 e. The molecule has 0 spiro atoms. The molecule has 0 aliphatic heterocycles. The van der Waals surface area contributed by atoms with Gasteiger partial charge in [0.15, 0.2) is 0 Å². The molecule has 2 nitrogen and oxygen atoms in total. The van der Waals surface area contributed by atoms with Crippen molar-refractivity contribution in [2.45, 2.75) is 19.4 Å². The zero-order valence-electron chi connectivity index (χ0n) is 13.2. The number of nitrogens with one attached hydrogen (secondary N) is 1. The highest BCUT2D eigenvalue weighted by Gasteiger charge is 2.17. The average Bonchev–Trinajstić information content (AvgIpc) is 2.93. The lowest BCUT2D eigenvalue weighted by atomic mass is 10.0. The molecule has 1 aromatic carbocycles. The van der Waals surface area contributed by atoms with Gasteiger partial charge in [-0.05, 0) is 44.6 Å². The predicted molar refractivity (Wildman–Crippen MR) is 97.2 cm³/mol. The molecule has 0 saturated carbocycles. The number of halogens is 1. The molecule has 0 radical (unpaired) electrons. The Morgan fingerprint density at radius 1 is 1.32 bits per heavy atom. The molecule has 1 N–H and O–H groups in total. The lowest BCUT2D eigenvalue weighted by Crippen LogP contribution is -2.18. The van der Waals surface area contributed by atoms with Gasteiger partial charge >= 0.3 is 0 Å². The second-order valence-electron chi connectivity index (χ2n) is 5.25. The predicted octanol–water partition coefficient (Wildman–Crippen LogP) is 4.93. The van der Waals surface area contributed by atoms with Crippen LogP contribution in [-0.4, -0.2) is 18.2 Å². The van der Waals surface area contributed by atoms with Gasteiger partial charge in [-0.1, -0.05) is 54.6 Å². The van der Waals surface area contributed by atoms with Crippen LogP contribution in [0.1, 0.15) is 36.2 Å². The van der Waals surface area contributed by atoms with E-state index in [2.05, 4.69) is 53.0 Å². The van der Waals surface area contributed by atoms with Crippen LogP contribution in [0.4, 0.5) is 0 Å². The number of allylic oxidation sites excluding steroid dienone is 1. The fourth-order valence-electron chi connectivity index (χ4n) is 2.72. The van der Waals surface area contributed by atoms with Gasteiger partial charge < -0.3 is 9.88 Å². The van der Waals surface area contributed by atoms with E-state index < -0.39 is 0 Å². The molecule has 2 aromatic rings. The van der Waals surface area contributed by atoms with Crippen molar-refractivity contribution in [3.8, 4) is 0 Å². The Morgan fingerprint density at radius 2 is 2.05 bits per heavy atom. The van der Waals surface area contributed by atoms with E-state index in [1.165, 1.54) is 5.56 Å². The van der Waals surface area contributed by atoms with E-state index in [1.807, 2.05) is 32.2 Å². The highest BCUT2D eigenvalue weighted by atomic mass is 35.5. The summed E-state index contributed by atoms with van der Waals surface area (Å²) < 4.78 is 2.29. The molecule has 0 unspecified atom stereocenters. The molecule has 3 heteroatoms. The van der Waals surface area contributed by atoms with E-state index >= 15 is 0 Å². The van der Waals surface area contributed by atoms with Gasteiger partial charge in [-0.25, -0.2) is 0 Å². The number of aromatic nitrogens is 1. The largest absolute Gasteiger partial charge is 0.340 e. The Kier molecular flexibility index (Phi) is 6.05. The summed E-state index contributed by atoms with van der Waals surface area (Å²) in [4.78, 5) is 0. The Bertz CT molecular complexity index is 641. The van der Waals surface area contributed by atoms with E-state index in [4.69, 9.17) is 11.6 Å². The quantitative estimate of drug-likeness (QED) is 0.766. The smallest absolute Gasteiger partial charge is 0.0598 e. The van der Waals surface area contributed by atoms with Gasteiger partial charge in [0.25, 0.3) is 0 Å². The SMILES string of the molecule is C=C(Cl)c1ccn([C@@H](CCNC)c2ccccc2)c1/C=C\C. The summed E-state index contributed by atoms with van der Waals surface area (Å²) in [7, 11) is 1.98. The maximum Gasteiger partial charge on any atom is 0.0598 e. The Hall–Kier alpha value is -1.77. The van der Waals surface area contributed by atoms with Crippen molar-refractivity contribution >= 4 is 22.7 Å². The van der Waals surface area contributed by atoms with Crippen LogP contribution in [0.15, 0.2) is 55.3 Å². The highest BCUT2D eigenvalue weighted by Crippen LogP contribution is 2.30. The lowest BCUT2D eigenvalue weighted by Gasteiger charge is -2.22. The fourth-order valence-corrected chi connectivity index (χ4v) is 2.88. The second kappa shape index (κ2) is 8.02. The summed E-state index contributed by atoms with van der Waals surface area (Å²) in [5.74, 6) is 0. The summed E-state index contributed by atoms with van der Waals surface area (Å²) in [6.45, 7) is 6.85. The molecule has 0 aliphatic rings. The van der Waals surface area contributed by atoms with E-state index in [9.17, 15) is 0 Å². The Morgan fingerprint density at radius 3 is 2.64 bits per heavy atom. The number of nitrogens with zero attached hydrogens (tertiary/aromatic N) is 1. The van der Waals surface area contributed by atoms with Crippen molar-refractivity contribution in [3.63, 3.8) is 0 Å². The van der Waals surface area contributed by atoms with Crippen LogP contribution in [-0.2, 0) is 0 Å². The van der Waals surface area contributed by atoms with Crippen molar-refractivity contribution in [1.82, 2.24) is 9.88 Å². The van der Waals surface area contributed by atoms with E-state index in [0.717, 1.165) is 24.2 Å². The molecule has 0 bridgehead atoms. The zero-order valence-corrected chi connectivity index (χ0v) is 14.0. The minimum atomic E-state index is 0.268. The topological polar surface area (TPSA) is 17.0 Å². The van der Waals surface area contributed by atoms with Crippen LogP contribution in [0.25, 0.3) is 11.1 Å². The van der Waals surface area contributed by atoms with E-state index in [1.54, 1.807) is 0 Å². The van der Waals surface area contributed by atoms with Gasteiger partial charge in [-0.2, -0.15) is 0 Å². The van der Waals surface area contributed by atoms with E-state index in [-0.39, 0.29) is 6.04 Å². The first kappa shape index (κ1) is 16.6. The van der Waals surface area contributed by atoms with Crippen LogP contribution < -0.4 is 5.32 Å². The molecule has 116 valence electrons. The van der Waals surface area contributed by atoms with Crippen LogP contribution in [0.2, 0.25) is 0 Å². The third-order valence-electron chi connectivity index (χ3n) is 3.76. The third kappa shape index (κ3) is 3.70. The van der Waals surface area contributed by atoms with Gasteiger partial charge in [0, 0.05) is 22.5 Å². The summed E-state index contributed by atoms with van der Waals surface area (Å²) in [6.07, 6.45) is 7.24. The van der Waals surface area contributed by atoms with Gasteiger partial charge in [0.2, 0.25) is 0 Å². The maximum atomic E-state index is 6.16. The molecule has 1 heterocycles. The standard InChI is InChI=1S/C19H23ClN2/c1-4-8-19-17(15(2)20)12-14-22(19)18(11-13-21-3)16-9-6-5-7-10-16/h4-10,12,14,18,21H,2,11,13H2,1,3H3/b8-4-/t18-/m0/s1. The number of hydrogen-bond acceptors (Lipinski definition) is 1. The number of benzene rings is 1. The Labute approximate surface area is 138 Å². The molecule has 1 aromatic heterocycles. The summed E-state index contributed by atoms with van der Waals surface area (Å²) >= 11 is 6.16. The fraction of sp³-hybridized carbons (Fsp3) is 0.263. The number of rotatable bonds is 7. The first-order chi connectivity index (χ1) is 10.7. The summed E-state index contributed by atoms with van der Waals surface area (Å²) in [6, 6.07) is 12.9. The van der Waals surface area contributed by atoms with Crippen molar-refractivity contribution in [2.24, 2.45) is 0 Å². The second-order valence-corrected chi connectivity index (χ2v) is 5.70. The average molecular weight is 315 g/mol. The van der Waals surface area contributed by atoms with Crippen LogP contribution >= 0.6 is 11.6 Å². The molecule has 0 amide bonds. The molecular formula is C19H23ClN2. The molecule has 1 atom stereocenters. The number of hydrogen-bond donors (Lipinski definition) is 1. The highest BCUT2D eigenvalue weighted by molar-refractivity contribution is 6.48. The monoisotopic (exact) mass is 314 g/mol. The molecule has 0 fully saturated rings. The molecule has 0 aliphatic carbocycles. The van der Waals surface area contributed by atoms with Crippen molar-refractivity contribution in [1.29, 1.82) is 0 Å². The van der Waals surface area contributed by atoms with Gasteiger partial charge in [-0.15, -0.1) is 0 Å². The maximum absolute atomic E-state index is 6.16. The van der Waals surface area contributed by atoms with Gasteiger partial charge in [-0.3, -0.25) is 0 Å². The van der Waals surface area contributed by atoms with Crippen LogP contribution in [0, 0.1) is 0 Å². The van der Waals surface area contributed by atoms with Gasteiger partial charge in [0.1, 0.15) is 0 Å². The Balaban J connectivity index is 2.50. The zero-order chi connectivity index (χ0) is 15.9. The van der Waals surface area contributed by atoms with Crippen molar-refractivity contribution in [3.05, 3.63) is 72.1 Å². The summed E-state index contributed by atoms with van der Waals surface area (Å²) in [5.41, 5.74) is 3.39. The first-order valence-electron chi connectivity index (χ1n) is 7.57. The molecular weight excluding hydrogens is 292 g/mol. The molecule has 2 rings (SSSR count). The normalized spacial score (nSPS) is 12.7. The van der Waals surface area contributed by atoms with Crippen molar-refractivity contribution < 1.29 is 0 Å². The van der Waals surface area contributed by atoms with Crippen molar-refractivity contribution in [2.75, 3.05) is 13.6 Å². The minimum absolute atomic E-state index is 0.268. The third-order valence-corrected chi connectivity index (χ3v) is 3.96. The summed E-state index contributed by atoms with van der Waals surface area (Å²) in [5, 5.41) is 3.82. The first-order valence-corrected chi connectivity index (χ1v) is 7.94.